The number of benzene rings is 1. The molecule has 1 saturated heterocycles. The van der Waals surface area contributed by atoms with Crippen molar-refractivity contribution >= 4 is 34.2 Å². The minimum absolute atomic E-state index is 0.0272. The standard InChI is InChI=1S/C19H19ClFN3OS.C2H6/c1-25-17-6-4-14(9-22-17)23-18(26-2)24-10-12-8-19(12,11-24)15-5-3-13(21)7-16(15)20;1-2/h3-7,9,12H,8,10-11H2,1-2H3;1-2H3. The zero-order valence-electron chi connectivity index (χ0n) is 16.6. The quantitative estimate of drug-likeness (QED) is 0.482. The molecule has 2 aromatic rings. The van der Waals surface area contributed by atoms with Gasteiger partial charge in [0.05, 0.1) is 19.0 Å². The van der Waals surface area contributed by atoms with Gasteiger partial charge in [-0.25, -0.2) is 14.4 Å². The van der Waals surface area contributed by atoms with Crippen LogP contribution in [0, 0.1) is 11.7 Å². The van der Waals surface area contributed by atoms with Crippen molar-refractivity contribution in [3.63, 3.8) is 0 Å². The summed E-state index contributed by atoms with van der Waals surface area (Å²) in [5.41, 5.74) is 1.88. The van der Waals surface area contributed by atoms with Crippen LogP contribution in [0.4, 0.5) is 10.1 Å². The molecule has 150 valence electrons. The number of fused-ring (bicyclic) bond motifs is 1. The molecule has 2 unspecified atom stereocenters. The Balaban J connectivity index is 0.00000109. The average molecular weight is 422 g/mol. The highest BCUT2D eigenvalue weighted by atomic mass is 35.5. The lowest BCUT2D eigenvalue weighted by molar-refractivity contribution is 0.398. The number of methoxy groups -OCH3 is 1. The molecular formula is C21H25ClFN3OS. The van der Waals surface area contributed by atoms with E-state index in [0.717, 1.165) is 35.9 Å². The summed E-state index contributed by atoms with van der Waals surface area (Å²) in [5.74, 6) is 0.819. The molecule has 2 atom stereocenters. The third-order valence-electron chi connectivity index (χ3n) is 5.22. The summed E-state index contributed by atoms with van der Waals surface area (Å²) in [4.78, 5) is 11.2. The Morgan fingerprint density at radius 3 is 2.75 bits per heavy atom. The Morgan fingerprint density at radius 2 is 2.14 bits per heavy atom. The van der Waals surface area contributed by atoms with Gasteiger partial charge in [-0.15, -0.1) is 0 Å². The normalized spacial score (nSPS) is 23.0. The van der Waals surface area contributed by atoms with E-state index in [9.17, 15) is 4.39 Å². The maximum atomic E-state index is 13.4. The first-order valence-electron chi connectivity index (χ1n) is 9.39. The van der Waals surface area contributed by atoms with Gasteiger partial charge in [-0.3, -0.25) is 0 Å². The van der Waals surface area contributed by atoms with E-state index >= 15 is 0 Å². The molecule has 2 heterocycles. The molecule has 1 aliphatic heterocycles. The van der Waals surface area contributed by atoms with Crippen LogP contribution < -0.4 is 4.74 Å². The van der Waals surface area contributed by atoms with Crippen LogP contribution in [0.1, 0.15) is 25.8 Å². The molecule has 0 radical (unpaired) electrons. The first-order valence-corrected chi connectivity index (χ1v) is 11.0. The lowest BCUT2D eigenvalue weighted by Crippen LogP contribution is -2.30. The number of hydrogen-bond donors (Lipinski definition) is 0. The highest BCUT2D eigenvalue weighted by Crippen LogP contribution is 2.60. The third-order valence-corrected chi connectivity index (χ3v) is 6.25. The van der Waals surface area contributed by atoms with Gasteiger partial charge in [-0.1, -0.05) is 43.3 Å². The SMILES string of the molecule is CC.COc1ccc(N=C(SC)N2CC3CC3(c3ccc(F)cc3Cl)C2)cn1. The zero-order chi connectivity index (χ0) is 20.3. The Hall–Kier alpha value is -1.79. The van der Waals surface area contributed by atoms with Gasteiger partial charge in [-0.05, 0) is 42.4 Å². The van der Waals surface area contributed by atoms with Gasteiger partial charge in [0.2, 0.25) is 5.88 Å². The topological polar surface area (TPSA) is 37.7 Å². The summed E-state index contributed by atoms with van der Waals surface area (Å²) in [6.07, 6.45) is 4.83. The monoisotopic (exact) mass is 421 g/mol. The van der Waals surface area contributed by atoms with Gasteiger partial charge in [0.1, 0.15) is 5.82 Å². The van der Waals surface area contributed by atoms with E-state index in [-0.39, 0.29) is 11.2 Å². The minimum Gasteiger partial charge on any atom is -0.481 e. The van der Waals surface area contributed by atoms with Crippen molar-refractivity contribution in [2.75, 3.05) is 26.5 Å². The second-order valence-corrected chi connectivity index (χ2v) is 7.90. The largest absolute Gasteiger partial charge is 0.481 e. The summed E-state index contributed by atoms with van der Waals surface area (Å²) >= 11 is 7.95. The highest BCUT2D eigenvalue weighted by molar-refractivity contribution is 8.13. The molecule has 7 heteroatoms. The maximum Gasteiger partial charge on any atom is 0.213 e. The van der Waals surface area contributed by atoms with E-state index in [1.165, 1.54) is 12.1 Å². The van der Waals surface area contributed by atoms with Crippen molar-refractivity contribution < 1.29 is 9.13 Å². The molecule has 28 heavy (non-hydrogen) atoms. The zero-order valence-corrected chi connectivity index (χ0v) is 18.1. The number of ether oxygens (including phenoxy) is 1. The summed E-state index contributed by atoms with van der Waals surface area (Å²) in [6.45, 7) is 5.79. The Bertz CT molecular complexity index is 861. The van der Waals surface area contributed by atoms with E-state index in [2.05, 4.69) is 9.88 Å². The van der Waals surface area contributed by atoms with Crippen LogP contribution in [0.5, 0.6) is 5.88 Å². The van der Waals surface area contributed by atoms with Gasteiger partial charge in [0, 0.05) is 29.6 Å². The van der Waals surface area contributed by atoms with Crippen LogP contribution >= 0.6 is 23.4 Å². The van der Waals surface area contributed by atoms with E-state index in [1.54, 1.807) is 31.1 Å². The van der Waals surface area contributed by atoms with Gasteiger partial charge in [0.25, 0.3) is 0 Å². The number of aliphatic imine (C=N–C) groups is 1. The molecule has 2 aliphatic rings. The van der Waals surface area contributed by atoms with Crippen LogP contribution in [0.25, 0.3) is 0 Å². The number of likely N-dealkylation sites (tertiary alicyclic amines) is 1. The van der Waals surface area contributed by atoms with Crippen LogP contribution in [0.15, 0.2) is 41.5 Å². The van der Waals surface area contributed by atoms with Crippen molar-refractivity contribution in [2.24, 2.45) is 10.9 Å². The fraction of sp³-hybridized carbons (Fsp3) is 0.429. The van der Waals surface area contributed by atoms with Gasteiger partial charge < -0.3 is 9.64 Å². The third kappa shape index (κ3) is 3.98. The number of amidine groups is 1. The number of hydrogen-bond acceptors (Lipinski definition) is 4. The molecule has 0 bridgehead atoms. The lowest BCUT2D eigenvalue weighted by atomic mass is 9.95. The molecule has 0 spiro atoms. The first-order chi connectivity index (χ1) is 13.6. The molecule has 1 aromatic heterocycles. The number of aromatic nitrogens is 1. The molecule has 4 nitrogen and oxygen atoms in total. The lowest BCUT2D eigenvalue weighted by Gasteiger charge is -2.24. The van der Waals surface area contributed by atoms with E-state index in [1.807, 2.05) is 32.2 Å². The molecular weight excluding hydrogens is 397 g/mol. The van der Waals surface area contributed by atoms with Crippen LogP contribution in [0.2, 0.25) is 5.02 Å². The number of nitrogens with zero attached hydrogens (tertiary/aromatic N) is 3. The van der Waals surface area contributed by atoms with Crippen molar-refractivity contribution in [1.29, 1.82) is 0 Å². The van der Waals surface area contributed by atoms with Crippen molar-refractivity contribution in [2.45, 2.75) is 25.7 Å². The fourth-order valence-corrected chi connectivity index (χ4v) is 4.80. The molecule has 0 N–H and O–H groups in total. The Morgan fingerprint density at radius 1 is 1.36 bits per heavy atom. The summed E-state index contributed by atoms with van der Waals surface area (Å²) in [6, 6.07) is 8.45. The number of halogens is 2. The van der Waals surface area contributed by atoms with Gasteiger partial charge >= 0.3 is 0 Å². The minimum atomic E-state index is -0.291. The van der Waals surface area contributed by atoms with Crippen molar-refractivity contribution in [3.05, 3.63) is 52.9 Å². The van der Waals surface area contributed by atoms with E-state index in [4.69, 9.17) is 21.3 Å². The summed E-state index contributed by atoms with van der Waals surface area (Å²) in [5, 5.41) is 1.48. The number of thioether (sulfide) groups is 1. The van der Waals surface area contributed by atoms with Crippen molar-refractivity contribution in [3.8, 4) is 5.88 Å². The first kappa shape index (κ1) is 20.9. The highest BCUT2D eigenvalue weighted by Gasteiger charge is 2.61. The molecule has 0 amide bonds. The number of rotatable bonds is 3. The Kier molecular flexibility index (Phi) is 6.50. The van der Waals surface area contributed by atoms with Crippen LogP contribution in [0.3, 0.4) is 0 Å². The molecule has 4 rings (SSSR count). The van der Waals surface area contributed by atoms with Gasteiger partial charge in [0.15, 0.2) is 5.17 Å². The predicted octanol–water partition coefficient (Wildman–Crippen LogP) is 5.53. The van der Waals surface area contributed by atoms with E-state index in [0.29, 0.717) is 16.8 Å². The summed E-state index contributed by atoms with van der Waals surface area (Å²) < 4.78 is 18.5. The van der Waals surface area contributed by atoms with Gasteiger partial charge in [-0.2, -0.15) is 0 Å². The van der Waals surface area contributed by atoms with Crippen LogP contribution in [-0.2, 0) is 5.41 Å². The summed E-state index contributed by atoms with van der Waals surface area (Å²) in [7, 11) is 1.59. The number of pyridine rings is 1. The maximum absolute atomic E-state index is 13.4. The van der Waals surface area contributed by atoms with Crippen LogP contribution in [-0.4, -0.2) is 41.5 Å². The van der Waals surface area contributed by atoms with Crippen molar-refractivity contribution in [1.82, 2.24) is 9.88 Å². The molecule has 1 saturated carbocycles. The smallest absolute Gasteiger partial charge is 0.213 e. The predicted molar refractivity (Wildman–Crippen MR) is 116 cm³/mol. The second-order valence-electron chi connectivity index (χ2n) is 6.72. The molecule has 1 aliphatic carbocycles. The second kappa shape index (κ2) is 8.70. The fourth-order valence-electron chi connectivity index (χ4n) is 3.85. The molecule has 1 aromatic carbocycles. The number of piperidine rings is 1. The average Bonchev–Trinajstić information content (AvgIpc) is 3.28. The Labute approximate surface area is 175 Å². The van der Waals surface area contributed by atoms with E-state index < -0.39 is 0 Å². The molecule has 2 fully saturated rings.